The molecule has 0 fully saturated rings. The van der Waals surface area contributed by atoms with Crippen molar-refractivity contribution in [1.82, 2.24) is 14.6 Å². The quantitative estimate of drug-likeness (QED) is 0.0343. The van der Waals surface area contributed by atoms with Crippen LogP contribution in [0.2, 0.25) is 0 Å². The molecule has 59 heavy (non-hydrogen) atoms. The van der Waals surface area contributed by atoms with Crippen LogP contribution in [-0.2, 0) is 34.4 Å². The molecule has 0 spiro atoms. The van der Waals surface area contributed by atoms with Gasteiger partial charge in [0.15, 0.2) is 5.82 Å². The number of phosphoric ester groups is 1. The molecule has 16 nitrogen and oxygen atoms in total. The minimum Gasteiger partial charge on any atom is -0.496 e. The van der Waals surface area contributed by atoms with Crippen LogP contribution in [-0.4, -0.2) is 88.2 Å². The number of aromatic nitrogens is 3. The van der Waals surface area contributed by atoms with E-state index in [0.717, 1.165) is 32.7 Å². The minimum absolute atomic E-state index is 0.0121. The smallest absolute Gasteiger partial charge is 0.472 e. The number of nitrogens with two attached hydrogens (primary N) is 1. The number of rotatable bonds is 33. The van der Waals surface area contributed by atoms with Crippen molar-refractivity contribution in [3.8, 4) is 17.9 Å². The number of nitrogens with zero attached hydrogens (tertiary/aromatic N) is 5. The van der Waals surface area contributed by atoms with E-state index in [2.05, 4.69) is 23.1 Å². The standard InChI is InChI=1S/C42H65N6O10P/c1-4-5-6-7-8-9-10-11-12-13-14-15-16-17-18-19-24-55-28-35(56-27-34-21-20-33(26-43)25-38(34)53-2)29-57-59(51,52)58-31-42(30-44,54-3)40(50)39(49)36-22-23-37-41(45)46-32-47-48(36)37/h20-23,25,32,35,39-40,49-50H,4-19,24,27-29,31H2,1-3H3,(H,51,52)(H2,45,46,47)/t35-,39-,40-,42+/m0/s1. The van der Waals surface area contributed by atoms with E-state index in [4.69, 9.17) is 33.7 Å². The Morgan fingerprint density at radius 1 is 0.881 bits per heavy atom. The lowest BCUT2D eigenvalue weighted by molar-refractivity contribution is -0.134. The number of unbranched alkanes of at least 4 members (excludes halogenated alkanes) is 15. The highest BCUT2D eigenvalue weighted by molar-refractivity contribution is 7.47. The molecule has 2 aromatic heterocycles. The maximum absolute atomic E-state index is 13.1. The highest BCUT2D eigenvalue weighted by atomic mass is 31.2. The number of methoxy groups -OCH3 is 2. The van der Waals surface area contributed by atoms with Gasteiger partial charge in [-0.2, -0.15) is 15.6 Å². The predicted octanol–water partition coefficient (Wildman–Crippen LogP) is 7.49. The second kappa shape index (κ2) is 27.2. The van der Waals surface area contributed by atoms with Crippen molar-refractivity contribution >= 4 is 19.2 Å². The van der Waals surface area contributed by atoms with E-state index < -0.39 is 44.9 Å². The van der Waals surface area contributed by atoms with Gasteiger partial charge in [0.1, 0.15) is 48.6 Å². The van der Waals surface area contributed by atoms with Gasteiger partial charge in [0.25, 0.3) is 0 Å². The largest absolute Gasteiger partial charge is 0.496 e. The van der Waals surface area contributed by atoms with E-state index in [1.165, 1.54) is 107 Å². The summed E-state index contributed by atoms with van der Waals surface area (Å²) in [6, 6.07) is 11.7. The van der Waals surface area contributed by atoms with Crippen LogP contribution in [0.1, 0.15) is 133 Å². The van der Waals surface area contributed by atoms with E-state index >= 15 is 0 Å². The van der Waals surface area contributed by atoms with E-state index in [0.29, 0.717) is 29.0 Å². The number of ether oxygens (including phenoxy) is 4. The lowest BCUT2D eigenvalue weighted by Gasteiger charge is -2.33. The molecule has 0 aliphatic heterocycles. The number of anilines is 1. The molecular weight excluding hydrogens is 779 g/mol. The Bertz CT molecular complexity index is 1780. The third-order valence-electron chi connectivity index (χ3n) is 10.3. The third-order valence-corrected chi connectivity index (χ3v) is 11.3. The molecule has 0 saturated carbocycles. The number of fused-ring (bicyclic) bond motifs is 1. The Hall–Kier alpha value is -3.67. The molecular formula is C42H65N6O10P. The molecule has 0 radical (unpaired) electrons. The Morgan fingerprint density at radius 3 is 2.08 bits per heavy atom. The first-order valence-electron chi connectivity index (χ1n) is 20.8. The zero-order valence-electron chi connectivity index (χ0n) is 35.0. The second-order valence-corrected chi connectivity index (χ2v) is 16.2. The van der Waals surface area contributed by atoms with Gasteiger partial charge in [-0.1, -0.05) is 109 Å². The summed E-state index contributed by atoms with van der Waals surface area (Å²) < 4.78 is 47.5. The van der Waals surface area contributed by atoms with Crippen molar-refractivity contribution in [1.29, 1.82) is 10.5 Å². The third kappa shape index (κ3) is 16.7. The van der Waals surface area contributed by atoms with E-state index in [9.17, 15) is 30.2 Å². The molecule has 0 aliphatic carbocycles. The molecule has 3 rings (SSSR count). The van der Waals surface area contributed by atoms with Gasteiger partial charge in [0, 0.05) is 19.3 Å². The number of benzene rings is 1. The van der Waals surface area contributed by atoms with E-state index in [1.54, 1.807) is 24.3 Å². The Balaban J connectivity index is 1.48. The van der Waals surface area contributed by atoms with Crippen molar-refractivity contribution < 1.29 is 47.7 Å². The van der Waals surface area contributed by atoms with E-state index in [1.807, 2.05) is 0 Å². The molecule has 1 unspecified atom stereocenters. The zero-order chi connectivity index (χ0) is 42.9. The molecule has 17 heteroatoms. The van der Waals surface area contributed by atoms with Crippen LogP contribution in [0, 0.1) is 22.7 Å². The maximum Gasteiger partial charge on any atom is 0.472 e. The van der Waals surface area contributed by atoms with Crippen molar-refractivity contribution in [2.45, 2.75) is 140 Å². The number of aliphatic hydroxyl groups excluding tert-OH is 2. The monoisotopic (exact) mass is 844 g/mol. The summed E-state index contributed by atoms with van der Waals surface area (Å²) in [4.78, 5) is 14.6. The summed E-state index contributed by atoms with van der Waals surface area (Å²) in [5.41, 5.74) is 5.00. The van der Waals surface area contributed by atoms with Gasteiger partial charge in [-0.25, -0.2) is 14.1 Å². The topological polar surface area (TPSA) is 237 Å². The number of nitriles is 2. The molecule has 1 aromatic carbocycles. The Labute approximate surface area is 349 Å². The van der Waals surface area contributed by atoms with Gasteiger partial charge in [-0.3, -0.25) is 9.05 Å². The molecule has 0 bridgehead atoms. The van der Waals surface area contributed by atoms with Crippen molar-refractivity contribution in [3.05, 3.63) is 53.5 Å². The van der Waals surface area contributed by atoms with E-state index in [-0.39, 0.29) is 24.7 Å². The maximum atomic E-state index is 13.1. The normalized spacial score (nSPS) is 15.2. The molecule has 0 amide bonds. The molecule has 3 aromatic rings. The van der Waals surface area contributed by atoms with Crippen LogP contribution in [0.25, 0.3) is 5.52 Å². The first-order valence-corrected chi connectivity index (χ1v) is 22.3. The number of hydrogen-bond donors (Lipinski definition) is 4. The Morgan fingerprint density at radius 2 is 1.51 bits per heavy atom. The fourth-order valence-corrected chi connectivity index (χ4v) is 7.45. The average molecular weight is 845 g/mol. The average Bonchev–Trinajstić information content (AvgIpc) is 3.69. The first kappa shape index (κ1) is 49.7. The van der Waals surface area contributed by atoms with Gasteiger partial charge >= 0.3 is 7.82 Å². The molecule has 2 heterocycles. The van der Waals surface area contributed by atoms with Crippen LogP contribution < -0.4 is 10.5 Å². The van der Waals surface area contributed by atoms with Crippen LogP contribution in [0.4, 0.5) is 5.82 Å². The van der Waals surface area contributed by atoms with Crippen molar-refractivity contribution in [2.75, 3.05) is 46.4 Å². The van der Waals surface area contributed by atoms with Crippen molar-refractivity contribution in [2.24, 2.45) is 0 Å². The van der Waals surface area contributed by atoms with Crippen molar-refractivity contribution in [3.63, 3.8) is 0 Å². The number of hydrogen-bond acceptors (Lipinski definition) is 14. The number of aliphatic hydroxyl groups is 2. The molecule has 5 N–H and O–H groups in total. The summed E-state index contributed by atoms with van der Waals surface area (Å²) in [5, 5.41) is 45.6. The van der Waals surface area contributed by atoms with Crippen LogP contribution in [0.15, 0.2) is 36.7 Å². The number of nitrogen functional groups attached to an aromatic ring is 1. The Kier molecular flexibility index (Phi) is 22.9. The summed E-state index contributed by atoms with van der Waals surface area (Å²) in [6.07, 6.45) is 16.8. The second-order valence-electron chi connectivity index (χ2n) is 14.8. The van der Waals surface area contributed by atoms with Crippen LogP contribution in [0.5, 0.6) is 5.75 Å². The van der Waals surface area contributed by atoms with Gasteiger partial charge < -0.3 is 39.8 Å². The van der Waals surface area contributed by atoms with Gasteiger partial charge in [0.05, 0.1) is 44.3 Å². The number of phosphoric acid groups is 1. The highest BCUT2D eigenvalue weighted by Crippen LogP contribution is 2.45. The summed E-state index contributed by atoms with van der Waals surface area (Å²) in [7, 11) is -2.35. The lowest BCUT2D eigenvalue weighted by atomic mass is 9.93. The zero-order valence-corrected chi connectivity index (χ0v) is 35.9. The van der Waals surface area contributed by atoms with Crippen LogP contribution >= 0.6 is 7.82 Å². The fourth-order valence-electron chi connectivity index (χ4n) is 6.67. The summed E-state index contributed by atoms with van der Waals surface area (Å²) >= 11 is 0. The highest BCUT2D eigenvalue weighted by Gasteiger charge is 2.46. The molecule has 328 valence electrons. The first-order chi connectivity index (χ1) is 28.5. The molecule has 5 atom stereocenters. The fraction of sp³-hybridized carbons (Fsp3) is 0.667. The van der Waals surface area contributed by atoms with Gasteiger partial charge in [0.2, 0.25) is 5.60 Å². The minimum atomic E-state index is -4.91. The predicted molar refractivity (Wildman–Crippen MR) is 222 cm³/mol. The van der Waals surface area contributed by atoms with Crippen LogP contribution in [0.3, 0.4) is 0 Å². The van der Waals surface area contributed by atoms with Gasteiger partial charge in [-0.05, 0) is 30.7 Å². The SMILES string of the molecule is CCCCCCCCCCCCCCCCCCOC[C@@H](COP(=O)(O)OC[C@@](C#N)(OC)[C@@H](O)[C@@H](O)c1ccc2c(N)ncnn12)OCc1ccc(C#N)cc1OC. The lowest BCUT2D eigenvalue weighted by Crippen LogP contribution is -2.50. The summed E-state index contributed by atoms with van der Waals surface area (Å²) in [6.45, 7) is 1.35. The molecule has 0 aliphatic rings. The molecule has 0 saturated heterocycles. The summed E-state index contributed by atoms with van der Waals surface area (Å²) in [5.74, 6) is 0.558. The van der Waals surface area contributed by atoms with Gasteiger partial charge in [-0.15, -0.1) is 0 Å².